The van der Waals surface area contributed by atoms with E-state index in [9.17, 15) is 9.59 Å². The molecule has 0 spiro atoms. The van der Waals surface area contributed by atoms with Crippen LogP contribution in [0.4, 0.5) is 0 Å². The number of unbranched alkanes of at least 4 members (excludes halogenated alkanes) is 1. The molecule has 144 valence electrons. The Hall–Kier alpha value is -2.73. The maximum atomic E-state index is 12.3. The molecular weight excluding hydrogens is 368 g/mol. The largest absolute Gasteiger partial charge is 0.493 e. The van der Waals surface area contributed by atoms with Crippen LogP contribution in [-0.4, -0.2) is 25.5 Å². The van der Waals surface area contributed by atoms with Crippen molar-refractivity contribution in [1.82, 2.24) is 10.9 Å². The third-order valence-corrected chi connectivity index (χ3v) is 4.17. The number of hydrogen-bond donors (Lipinski definition) is 2. The summed E-state index contributed by atoms with van der Waals surface area (Å²) in [6, 6.07) is 11.9. The Morgan fingerprint density at radius 3 is 2.56 bits per heavy atom. The molecule has 2 aromatic rings. The molecule has 0 aliphatic heterocycles. The Balaban J connectivity index is 1.93. The predicted molar refractivity (Wildman–Crippen MR) is 104 cm³/mol. The van der Waals surface area contributed by atoms with E-state index < -0.39 is 5.91 Å². The van der Waals surface area contributed by atoms with Crippen molar-refractivity contribution in [3.63, 3.8) is 0 Å². The van der Waals surface area contributed by atoms with E-state index in [4.69, 9.17) is 21.1 Å². The molecule has 0 aromatic heterocycles. The molecule has 0 saturated carbocycles. The highest BCUT2D eigenvalue weighted by Gasteiger charge is 2.13. The van der Waals surface area contributed by atoms with Crippen molar-refractivity contribution < 1.29 is 19.1 Å². The minimum Gasteiger partial charge on any atom is -0.493 e. The zero-order valence-electron chi connectivity index (χ0n) is 15.4. The Bertz CT molecular complexity index is 795. The van der Waals surface area contributed by atoms with Crippen molar-refractivity contribution in [1.29, 1.82) is 0 Å². The summed E-state index contributed by atoms with van der Waals surface area (Å²) in [6.07, 6.45) is 2.02. The summed E-state index contributed by atoms with van der Waals surface area (Å²) < 4.78 is 10.9. The predicted octanol–water partition coefficient (Wildman–Crippen LogP) is 3.53. The van der Waals surface area contributed by atoms with Crippen LogP contribution in [0, 0.1) is 0 Å². The molecular formula is C20H23ClN2O4. The summed E-state index contributed by atoms with van der Waals surface area (Å²) in [5.74, 6) is 0.204. The smallest absolute Gasteiger partial charge is 0.269 e. The van der Waals surface area contributed by atoms with E-state index >= 15 is 0 Å². The molecule has 0 radical (unpaired) electrons. The molecule has 7 heteroatoms. The van der Waals surface area contributed by atoms with Gasteiger partial charge in [-0.2, -0.15) is 0 Å². The van der Waals surface area contributed by atoms with Crippen LogP contribution < -0.4 is 20.3 Å². The summed E-state index contributed by atoms with van der Waals surface area (Å²) in [7, 11) is 1.51. The fourth-order valence-electron chi connectivity index (χ4n) is 2.31. The van der Waals surface area contributed by atoms with Crippen molar-refractivity contribution in [2.45, 2.75) is 26.2 Å². The highest BCUT2D eigenvalue weighted by atomic mass is 35.5. The quantitative estimate of drug-likeness (QED) is 0.534. The molecule has 0 fully saturated rings. The minimum atomic E-state index is -0.457. The van der Waals surface area contributed by atoms with Crippen LogP contribution in [0.15, 0.2) is 42.5 Å². The first kappa shape index (κ1) is 20.6. The van der Waals surface area contributed by atoms with Crippen molar-refractivity contribution in [3.05, 3.63) is 58.6 Å². The summed E-state index contributed by atoms with van der Waals surface area (Å²) in [5.41, 5.74) is 5.79. The third-order valence-electron chi connectivity index (χ3n) is 3.81. The molecule has 2 rings (SSSR count). The van der Waals surface area contributed by atoms with Crippen LogP contribution >= 0.6 is 11.6 Å². The number of rotatable bonds is 8. The van der Waals surface area contributed by atoms with Gasteiger partial charge >= 0.3 is 0 Å². The van der Waals surface area contributed by atoms with E-state index in [1.807, 2.05) is 0 Å². The average Bonchev–Trinajstić information content (AvgIpc) is 2.68. The number of hydrazine groups is 1. The molecule has 0 saturated heterocycles. The van der Waals surface area contributed by atoms with Crippen LogP contribution in [0.1, 0.15) is 35.7 Å². The SMILES string of the molecule is CCCCOc1ccc(C(=O)NNC(=O)Cc2ccccc2Cl)cc1OC. The molecule has 0 bridgehead atoms. The number of hydrogen-bond acceptors (Lipinski definition) is 4. The van der Waals surface area contributed by atoms with Gasteiger partial charge in [0.2, 0.25) is 5.91 Å². The molecule has 27 heavy (non-hydrogen) atoms. The normalized spacial score (nSPS) is 10.2. The molecule has 0 atom stereocenters. The van der Waals surface area contributed by atoms with Gasteiger partial charge in [0.25, 0.3) is 5.91 Å². The molecule has 0 aliphatic rings. The number of halogens is 1. The molecule has 0 unspecified atom stereocenters. The maximum absolute atomic E-state index is 12.3. The van der Waals surface area contributed by atoms with Crippen LogP contribution in [0.2, 0.25) is 5.02 Å². The van der Waals surface area contributed by atoms with Gasteiger partial charge in [-0.1, -0.05) is 43.1 Å². The molecule has 6 nitrogen and oxygen atoms in total. The first-order chi connectivity index (χ1) is 13.0. The topological polar surface area (TPSA) is 76.7 Å². The van der Waals surface area contributed by atoms with Gasteiger partial charge in [-0.25, -0.2) is 0 Å². The molecule has 0 heterocycles. The second-order valence-electron chi connectivity index (χ2n) is 5.84. The van der Waals surface area contributed by atoms with Crippen molar-refractivity contribution in [2.24, 2.45) is 0 Å². The summed E-state index contributed by atoms with van der Waals surface area (Å²) >= 11 is 6.03. The van der Waals surface area contributed by atoms with Crippen LogP contribution in [0.5, 0.6) is 11.5 Å². The fraction of sp³-hybridized carbons (Fsp3) is 0.300. The van der Waals surface area contributed by atoms with Gasteiger partial charge in [0.15, 0.2) is 11.5 Å². The van der Waals surface area contributed by atoms with E-state index in [1.54, 1.807) is 42.5 Å². The number of nitrogens with one attached hydrogen (secondary N) is 2. The maximum Gasteiger partial charge on any atom is 0.269 e. The lowest BCUT2D eigenvalue weighted by Crippen LogP contribution is -2.42. The van der Waals surface area contributed by atoms with Gasteiger partial charge in [0.1, 0.15) is 0 Å². The lowest BCUT2D eigenvalue weighted by molar-refractivity contribution is -0.121. The van der Waals surface area contributed by atoms with Crippen molar-refractivity contribution in [3.8, 4) is 11.5 Å². The number of ether oxygens (including phenoxy) is 2. The number of amides is 2. The van der Waals surface area contributed by atoms with Gasteiger partial charge in [-0.3, -0.25) is 20.4 Å². The van der Waals surface area contributed by atoms with Crippen molar-refractivity contribution >= 4 is 23.4 Å². The molecule has 0 aliphatic carbocycles. The Labute approximate surface area is 163 Å². The lowest BCUT2D eigenvalue weighted by Gasteiger charge is -2.12. The number of carbonyl (C=O) groups is 2. The standard InChI is InChI=1S/C20H23ClN2O4/c1-3-4-11-27-17-10-9-15(12-18(17)26-2)20(25)23-22-19(24)13-14-7-5-6-8-16(14)21/h5-10,12H,3-4,11,13H2,1-2H3,(H,22,24)(H,23,25). The Morgan fingerprint density at radius 2 is 1.85 bits per heavy atom. The van der Waals surface area contributed by atoms with E-state index in [2.05, 4.69) is 17.8 Å². The third kappa shape index (κ3) is 6.18. The minimum absolute atomic E-state index is 0.0630. The second kappa shape index (κ2) is 10.4. The Kier molecular flexibility index (Phi) is 7.95. The summed E-state index contributed by atoms with van der Waals surface area (Å²) in [6.45, 7) is 2.66. The highest BCUT2D eigenvalue weighted by molar-refractivity contribution is 6.31. The van der Waals surface area contributed by atoms with Gasteiger partial charge in [0.05, 0.1) is 20.1 Å². The van der Waals surface area contributed by atoms with E-state index in [1.165, 1.54) is 7.11 Å². The number of carbonyl (C=O) groups excluding carboxylic acids is 2. The zero-order valence-corrected chi connectivity index (χ0v) is 16.1. The molecule has 2 aromatic carbocycles. The molecule has 2 amide bonds. The molecule has 2 N–H and O–H groups in total. The number of methoxy groups -OCH3 is 1. The fourth-order valence-corrected chi connectivity index (χ4v) is 2.51. The highest BCUT2D eigenvalue weighted by Crippen LogP contribution is 2.28. The summed E-state index contributed by atoms with van der Waals surface area (Å²) in [4.78, 5) is 24.3. The van der Waals surface area contributed by atoms with Crippen LogP contribution in [0.25, 0.3) is 0 Å². The van der Waals surface area contributed by atoms with Gasteiger partial charge < -0.3 is 9.47 Å². The van der Waals surface area contributed by atoms with E-state index in [0.717, 1.165) is 12.8 Å². The zero-order chi connectivity index (χ0) is 19.6. The van der Waals surface area contributed by atoms with Gasteiger partial charge in [-0.05, 0) is 36.2 Å². The lowest BCUT2D eigenvalue weighted by atomic mass is 10.1. The van der Waals surface area contributed by atoms with E-state index in [-0.39, 0.29) is 12.3 Å². The number of benzene rings is 2. The monoisotopic (exact) mass is 390 g/mol. The van der Waals surface area contributed by atoms with Crippen LogP contribution in [-0.2, 0) is 11.2 Å². The van der Waals surface area contributed by atoms with E-state index in [0.29, 0.717) is 34.3 Å². The second-order valence-corrected chi connectivity index (χ2v) is 6.25. The Morgan fingerprint density at radius 1 is 1.07 bits per heavy atom. The first-order valence-electron chi connectivity index (χ1n) is 8.68. The van der Waals surface area contributed by atoms with Crippen LogP contribution in [0.3, 0.4) is 0 Å². The van der Waals surface area contributed by atoms with Crippen molar-refractivity contribution in [2.75, 3.05) is 13.7 Å². The first-order valence-corrected chi connectivity index (χ1v) is 9.06. The van der Waals surface area contributed by atoms with Gasteiger partial charge in [0, 0.05) is 10.6 Å². The average molecular weight is 391 g/mol. The summed E-state index contributed by atoms with van der Waals surface area (Å²) in [5, 5.41) is 0.502. The van der Waals surface area contributed by atoms with Gasteiger partial charge in [-0.15, -0.1) is 0 Å².